The molecule has 2 rings (SSSR count). The highest BCUT2D eigenvalue weighted by atomic mass is 79.9. The van der Waals surface area contributed by atoms with Crippen LogP contribution in [0.4, 0.5) is 10.5 Å². The van der Waals surface area contributed by atoms with E-state index in [9.17, 15) is 4.79 Å². The van der Waals surface area contributed by atoms with Crippen LogP contribution in [0.15, 0.2) is 16.6 Å². The Morgan fingerprint density at radius 1 is 1.19 bits per heavy atom. The first-order valence-electron chi connectivity index (χ1n) is 9.20. The number of anilines is 1. The largest absolute Gasteiger partial charge is 0.444 e. The lowest BCUT2D eigenvalue weighted by Crippen LogP contribution is -2.41. The van der Waals surface area contributed by atoms with E-state index in [4.69, 9.17) is 9.16 Å². The molecule has 0 aromatic heterocycles. The number of aryl methyl sites for hydroxylation is 1. The third-order valence-electron chi connectivity index (χ3n) is 5.13. The second-order valence-corrected chi connectivity index (χ2v) is 15.2. The van der Waals surface area contributed by atoms with E-state index in [0.717, 1.165) is 23.0 Å². The molecule has 0 spiro atoms. The number of carbonyl (C=O) groups excluding carboxylic acids is 1. The van der Waals surface area contributed by atoms with Gasteiger partial charge in [0.2, 0.25) is 0 Å². The number of hydrogen-bond donors (Lipinski definition) is 1. The van der Waals surface area contributed by atoms with Crippen LogP contribution in [0.5, 0.6) is 0 Å². The van der Waals surface area contributed by atoms with Gasteiger partial charge in [-0.05, 0) is 90.9 Å². The van der Waals surface area contributed by atoms with Crippen LogP contribution in [0, 0.1) is 0 Å². The van der Waals surface area contributed by atoms with Crippen LogP contribution in [0.2, 0.25) is 18.1 Å². The Hall–Kier alpha value is -0.853. The molecule has 0 fully saturated rings. The first-order chi connectivity index (χ1) is 11.7. The van der Waals surface area contributed by atoms with E-state index in [2.05, 4.69) is 61.2 Å². The van der Waals surface area contributed by atoms with E-state index in [0.29, 0.717) is 0 Å². The van der Waals surface area contributed by atoms with Crippen molar-refractivity contribution >= 4 is 36.0 Å². The zero-order valence-electron chi connectivity index (χ0n) is 17.2. The summed E-state index contributed by atoms with van der Waals surface area (Å²) in [4.78, 5) is 12.1. The molecule has 6 heteroatoms. The van der Waals surface area contributed by atoms with Crippen LogP contribution in [0.3, 0.4) is 0 Å². The zero-order valence-corrected chi connectivity index (χ0v) is 19.8. The van der Waals surface area contributed by atoms with Crippen molar-refractivity contribution in [3.8, 4) is 0 Å². The quantitative estimate of drug-likeness (QED) is 0.524. The molecule has 1 aromatic carbocycles. The number of halogens is 1. The summed E-state index contributed by atoms with van der Waals surface area (Å²) in [5, 5.41) is 3.03. The summed E-state index contributed by atoms with van der Waals surface area (Å²) >= 11 is 3.59. The molecule has 0 heterocycles. The van der Waals surface area contributed by atoms with E-state index in [1.807, 2.05) is 26.8 Å². The van der Waals surface area contributed by atoms with Crippen molar-refractivity contribution in [1.29, 1.82) is 0 Å². The van der Waals surface area contributed by atoms with Crippen LogP contribution in [0.1, 0.15) is 65.2 Å². The van der Waals surface area contributed by atoms with Gasteiger partial charge in [0, 0.05) is 4.47 Å². The molecule has 26 heavy (non-hydrogen) atoms. The Bertz CT molecular complexity index is 690. The van der Waals surface area contributed by atoms with Gasteiger partial charge < -0.3 is 9.16 Å². The molecule has 1 N–H and O–H groups in total. The Labute approximate surface area is 167 Å². The summed E-state index contributed by atoms with van der Waals surface area (Å²) in [6.45, 7) is 16.9. The van der Waals surface area contributed by atoms with Gasteiger partial charge in [0.15, 0.2) is 8.32 Å². The first-order valence-corrected chi connectivity index (χ1v) is 12.9. The van der Waals surface area contributed by atoms with Crippen molar-refractivity contribution in [3.63, 3.8) is 0 Å². The van der Waals surface area contributed by atoms with Gasteiger partial charge in [-0.2, -0.15) is 0 Å². The van der Waals surface area contributed by atoms with Crippen molar-refractivity contribution in [3.05, 3.63) is 27.7 Å². The predicted octanol–water partition coefficient (Wildman–Crippen LogP) is 6.81. The summed E-state index contributed by atoms with van der Waals surface area (Å²) in [5.74, 6) is 0. The summed E-state index contributed by atoms with van der Waals surface area (Å²) in [6, 6.07) is 4.13. The summed E-state index contributed by atoms with van der Waals surface area (Å²) in [6.07, 6.45) is 1.65. The molecule has 4 nitrogen and oxygen atoms in total. The molecule has 1 aromatic rings. The van der Waals surface area contributed by atoms with Gasteiger partial charge in [-0.25, -0.2) is 4.79 Å². The monoisotopic (exact) mass is 441 g/mol. The molecule has 0 saturated carbocycles. The number of nitrogens with one attached hydrogen (secondary N) is 1. The molecule has 1 atom stereocenters. The number of carbonyl (C=O) groups is 1. The Morgan fingerprint density at radius 3 is 2.35 bits per heavy atom. The third kappa shape index (κ3) is 5.11. The van der Waals surface area contributed by atoms with Crippen molar-refractivity contribution in [2.75, 3.05) is 5.32 Å². The predicted molar refractivity (Wildman–Crippen MR) is 113 cm³/mol. The molecule has 1 unspecified atom stereocenters. The van der Waals surface area contributed by atoms with Crippen LogP contribution in [0.25, 0.3) is 0 Å². The van der Waals surface area contributed by atoms with Crippen LogP contribution in [-0.4, -0.2) is 20.0 Å². The number of rotatable bonds is 3. The van der Waals surface area contributed by atoms with Gasteiger partial charge in [-0.1, -0.05) is 20.8 Å². The van der Waals surface area contributed by atoms with E-state index < -0.39 is 20.0 Å². The highest BCUT2D eigenvalue weighted by Crippen LogP contribution is 2.45. The summed E-state index contributed by atoms with van der Waals surface area (Å²) in [7, 11) is -1.83. The fraction of sp³-hybridized carbons (Fsp3) is 0.650. The summed E-state index contributed by atoms with van der Waals surface area (Å²) < 4.78 is 12.8. The molecule has 0 bridgehead atoms. The fourth-order valence-electron chi connectivity index (χ4n) is 2.76. The van der Waals surface area contributed by atoms with Crippen molar-refractivity contribution in [1.82, 2.24) is 0 Å². The van der Waals surface area contributed by atoms with Crippen LogP contribution >= 0.6 is 15.9 Å². The van der Waals surface area contributed by atoms with Gasteiger partial charge in [0.05, 0.1) is 11.8 Å². The van der Waals surface area contributed by atoms with E-state index in [-0.39, 0.29) is 11.1 Å². The maximum Gasteiger partial charge on any atom is 0.412 e. The number of amides is 1. The van der Waals surface area contributed by atoms with Gasteiger partial charge in [0.1, 0.15) is 5.60 Å². The van der Waals surface area contributed by atoms with E-state index >= 15 is 0 Å². The molecule has 1 aliphatic rings. The smallest absolute Gasteiger partial charge is 0.412 e. The second-order valence-electron chi connectivity index (χ2n) is 9.56. The molecular formula is C20H32BrNO3Si. The molecule has 146 valence electrons. The standard InChI is InChI=1S/C20H32BrNO3Si/c1-19(2,3)24-18(23)22-16-11-13-9-10-17(14(13)12-15(16)21)25-26(7,8)20(4,5)6/h11-12,17H,9-10H2,1-8H3,(H,22,23). The molecule has 0 aliphatic heterocycles. The van der Waals surface area contributed by atoms with Gasteiger partial charge >= 0.3 is 6.09 Å². The Kier molecular flexibility index (Phi) is 6.01. The van der Waals surface area contributed by atoms with Crippen LogP contribution in [-0.2, 0) is 15.6 Å². The average Bonchev–Trinajstić information content (AvgIpc) is 2.77. The minimum Gasteiger partial charge on any atom is -0.444 e. The van der Waals surface area contributed by atoms with Crippen molar-refractivity contribution in [2.24, 2.45) is 0 Å². The lowest BCUT2D eigenvalue weighted by molar-refractivity contribution is 0.0636. The Morgan fingerprint density at radius 2 is 1.81 bits per heavy atom. The molecule has 0 radical (unpaired) electrons. The summed E-state index contributed by atoms with van der Waals surface area (Å²) in [5.41, 5.74) is 2.69. The molecule has 1 amide bonds. The van der Waals surface area contributed by atoms with E-state index in [1.54, 1.807) is 0 Å². The van der Waals surface area contributed by atoms with Gasteiger partial charge in [-0.3, -0.25) is 5.32 Å². The van der Waals surface area contributed by atoms with Crippen LogP contribution < -0.4 is 5.32 Å². The number of benzene rings is 1. The first kappa shape index (κ1) is 21.4. The fourth-order valence-corrected chi connectivity index (χ4v) is 4.53. The minimum atomic E-state index is -1.83. The SMILES string of the molecule is CC(C)(C)OC(=O)Nc1cc2c(cc1Br)C(O[Si](C)(C)C(C)(C)C)CC2. The minimum absolute atomic E-state index is 0.137. The highest BCUT2D eigenvalue weighted by molar-refractivity contribution is 9.10. The second kappa shape index (κ2) is 7.28. The number of fused-ring (bicyclic) bond motifs is 1. The lowest BCUT2D eigenvalue weighted by atomic mass is 10.1. The molecule has 1 aliphatic carbocycles. The van der Waals surface area contributed by atoms with Gasteiger partial charge in [-0.15, -0.1) is 0 Å². The average molecular weight is 442 g/mol. The number of hydrogen-bond acceptors (Lipinski definition) is 3. The number of ether oxygens (including phenoxy) is 1. The van der Waals surface area contributed by atoms with Crippen molar-refractivity contribution < 1.29 is 14.0 Å². The highest BCUT2D eigenvalue weighted by Gasteiger charge is 2.40. The Balaban J connectivity index is 2.18. The maximum absolute atomic E-state index is 12.1. The lowest BCUT2D eigenvalue weighted by Gasteiger charge is -2.38. The zero-order chi connectivity index (χ0) is 19.9. The van der Waals surface area contributed by atoms with Crippen molar-refractivity contribution in [2.45, 2.75) is 84.2 Å². The molecular weight excluding hydrogens is 410 g/mol. The maximum atomic E-state index is 12.1. The topological polar surface area (TPSA) is 47.6 Å². The molecule has 0 saturated heterocycles. The third-order valence-corrected chi connectivity index (χ3v) is 10.3. The van der Waals surface area contributed by atoms with Gasteiger partial charge in [0.25, 0.3) is 0 Å². The van der Waals surface area contributed by atoms with E-state index in [1.165, 1.54) is 11.1 Å². The normalized spacial score (nSPS) is 17.8.